The lowest BCUT2D eigenvalue weighted by molar-refractivity contribution is -0.144. The average Bonchev–Trinajstić information content (AvgIpc) is 3.23. The fraction of sp³-hybridized carbons (Fsp3) is 0.333. The molecule has 7 nitrogen and oxygen atoms in total. The number of esters is 1. The predicted octanol–water partition coefficient (Wildman–Crippen LogP) is 2.55. The van der Waals surface area contributed by atoms with Gasteiger partial charge in [0, 0.05) is 18.0 Å². The molecule has 0 bridgehead atoms. The Bertz CT molecular complexity index is 814. The van der Waals surface area contributed by atoms with Crippen LogP contribution in [-0.4, -0.2) is 45.0 Å². The minimum atomic E-state index is -0.430. The molecule has 0 saturated carbocycles. The molecule has 2 aromatic heterocycles. The predicted molar refractivity (Wildman–Crippen MR) is 87.1 cm³/mol. The van der Waals surface area contributed by atoms with Gasteiger partial charge in [0.15, 0.2) is 0 Å². The Kier molecular flexibility index (Phi) is 4.61. The van der Waals surface area contributed by atoms with Crippen molar-refractivity contribution >= 4 is 28.8 Å². The summed E-state index contributed by atoms with van der Waals surface area (Å²) in [6.07, 6.45) is 6.11. The van der Waals surface area contributed by atoms with Crippen LogP contribution in [0.3, 0.4) is 0 Å². The number of hydrogen-bond acceptors (Lipinski definition) is 7. The second-order valence-corrected chi connectivity index (χ2v) is 5.90. The molecule has 0 amide bonds. The molecule has 0 aliphatic carbocycles. The normalized spacial score (nSPS) is 12.4. The summed E-state index contributed by atoms with van der Waals surface area (Å²) in [6.45, 7) is 0. The summed E-state index contributed by atoms with van der Waals surface area (Å²) >= 11 is 1.68. The van der Waals surface area contributed by atoms with Crippen LogP contribution in [-0.2, 0) is 9.53 Å². The van der Waals surface area contributed by atoms with Crippen molar-refractivity contribution in [3.8, 4) is 11.4 Å². The van der Waals surface area contributed by atoms with Crippen LogP contribution < -0.4 is 0 Å². The zero-order valence-electron chi connectivity index (χ0n) is 12.8. The minimum Gasteiger partial charge on any atom is -0.467 e. The zero-order chi connectivity index (χ0) is 16.2. The quantitative estimate of drug-likeness (QED) is 0.641. The molecule has 0 N–H and O–H groups in total. The highest BCUT2D eigenvalue weighted by molar-refractivity contribution is 7.98. The number of carbonyl (C=O) groups excluding carboxylic acids is 1. The van der Waals surface area contributed by atoms with Crippen LogP contribution in [0.2, 0.25) is 0 Å². The van der Waals surface area contributed by atoms with Crippen LogP contribution in [0.1, 0.15) is 12.5 Å². The lowest BCUT2D eigenvalue weighted by Crippen LogP contribution is -2.22. The smallest absolute Gasteiger partial charge is 0.328 e. The molecule has 0 radical (unpaired) electrons. The number of ether oxygens (including phenoxy) is 1. The van der Waals surface area contributed by atoms with Gasteiger partial charge in [-0.1, -0.05) is 6.07 Å². The summed E-state index contributed by atoms with van der Waals surface area (Å²) in [5, 5.41) is 7.79. The number of benzene rings is 1. The van der Waals surface area contributed by atoms with E-state index in [-0.39, 0.29) is 5.97 Å². The SMILES string of the molecule is COC(=O)[C@@H](CCSC)n1ccnc1-c1cccc2nonc12. The fourth-order valence-corrected chi connectivity index (χ4v) is 2.95. The summed E-state index contributed by atoms with van der Waals surface area (Å²) in [4.78, 5) is 16.6. The number of thioether (sulfide) groups is 1. The van der Waals surface area contributed by atoms with Gasteiger partial charge in [-0.25, -0.2) is 14.4 Å². The number of nitrogens with zero attached hydrogens (tertiary/aromatic N) is 4. The van der Waals surface area contributed by atoms with Gasteiger partial charge in [0.2, 0.25) is 0 Å². The van der Waals surface area contributed by atoms with Crippen molar-refractivity contribution in [3.05, 3.63) is 30.6 Å². The maximum Gasteiger partial charge on any atom is 0.328 e. The van der Waals surface area contributed by atoms with Crippen LogP contribution in [0.4, 0.5) is 0 Å². The highest BCUT2D eigenvalue weighted by Crippen LogP contribution is 2.29. The van der Waals surface area contributed by atoms with Crippen molar-refractivity contribution in [1.29, 1.82) is 0 Å². The first-order chi connectivity index (χ1) is 11.3. The third-order valence-corrected chi connectivity index (χ3v) is 4.24. The van der Waals surface area contributed by atoms with Crippen LogP contribution in [0, 0.1) is 0 Å². The maximum absolute atomic E-state index is 12.2. The molecule has 120 valence electrons. The van der Waals surface area contributed by atoms with Crippen LogP contribution >= 0.6 is 11.8 Å². The molecule has 0 unspecified atom stereocenters. The summed E-state index contributed by atoms with van der Waals surface area (Å²) in [5.74, 6) is 1.19. The molecule has 1 aromatic carbocycles. The van der Waals surface area contributed by atoms with Crippen molar-refractivity contribution < 1.29 is 14.2 Å². The summed E-state index contributed by atoms with van der Waals surface area (Å²) < 4.78 is 11.6. The van der Waals surface area contributed by atoms with E-state index in [1.54, 1.807) is 24.2 Å². The van der Waals surface area contributed by atoms with Crippen molar-refractivity contribution in [2.24, 2.45) is 0 Å². The standard InChI is InChI=1S/C15H16N4O3S/c1-21-15(20)12(6-9-23-2)19-8-7-16-14(19)10-4-3-5-11-13(10)18-22-17-11/h3-5,7-8,12H,6,9H2,1-2H3/t12-/m1/s1. The molecule has 0 fully saturated rings. The molecule has 0 aliphatic rings. The van der Waals surface area contributed by atoms with E-state index in [1.807, 2.05) is 29.0 Å². The number of carbonyl (C=O) groups is 1. The highest BCUT2D eigenvalue weighted by atomic mass is 32.2. The van der Waals surface area contributed by atoms with Gasteiger partial charge >= 0.3 is 5.97 Å². The molecule has 0 aliphatic heterocycles. The first-order valence-electron chi connectivity index (χ1n) is 7.07. The summed E-state index contributed by atoms with van der Waals surface area (Å²) in [7, 11) is 1.40. The van der Waals surface area contributed by atoms with Gasteiger partial charge in [-0.2, -0.15) is 11.8 Å². The van der Waals surface area contributed by atoms with Gasteiger partial charge in [0.25, 0.3) is 0 Å². The third kappa shape index (κ3) is 2.94. The molecule has 3 aromatic rings. The fourth-order valence-electron chi connectivity index (χ4n) is 2.50. The van der Waals surface area contributed by atoms with E-state index in [1.165, 1.54) is 7.11 Å². The van der Waals surface area contributed by atoms with Gasteiger partial charge in [0.1, 0.15) is 22.9 Å². The Balaban J connectivity index is 2.07. The van der Waals surface area contributed by atoms with Gasteiger partial charge in [-0.15, -0.1) is 0 Å². The topological polar surface area (TPSA) is 83.0 Å². The molecule has 0 saturated heterocycles. The number of methoxy groups -OCH3 is 1. The van der Waals surface area contributed by atoms with Crippen molar-refractivity contribution in [1.82, 2.24) is 19.9 Å². The first kappa shape index (κ1) is 15.5. The number of hydrogen-bond donors (Lipinski definition) is 0. The first-order valence-corrected chi connectivity index (χ1v) is 8.47. The molecular formula is C15H16N4O3S. The number of imidazole rings is 1. The number of rotatable bonds is 6. The molecule has 3 rings (SSSR count). The largest absolute Gasteiger partial charge is 0.467 e. The Morgan fingerprint density at radius 3 is 3.09 bits per heavy atom. The molecular weight excluding hydrogens is 316 g/mol. The lowest BCUT2D eigenvalue weighted by Gasteiger charge is -2.18. The van der Waals surface area contributed by atoms with Crippen LogP contribution in [0.25, 0.3) is 22.4 Å². The van der Waals surface area contributed by atoms with E-state index < -0.39 is 6.04 Å². The van der Waals surface area contributed by atoms with Gasteiger partial charge < -0.3 is 9.30 Å². The lowest BCUT2D eigenvalue weighted by atomic mass is 10.1. The monoisotopic (exact) mass is 332 g/mol. The minimum absolute atomic E-state index is 0.288. The van der Waals surface area contributed by atoms with Gasteiger partial charge in [-0.3, -0.25) is 0 Å². The Hall–Kier alpha value is -2.35. The van der Waals surface area contributed by atoms with E-state index >= 15 is 0 Å². The molecule has 8 heteroatoms. The highest BCUT2D eigenvalue weighted by Gasteiger charge is 2.24. The molecule has 1 atom stereocenters. The summed E-state index contributed by atoms with van der Waals surface area (Å²) in [5.41, 5.74) is 2.04. The van der Waals surface area contributed by atoms with Crippen molar-refractivity contribution in [3.63, 3.8) is 0 Å². The maximum atomic E-state index is 12.2. The van der Waals surface area contributed by atoms with E-state index in [4.69, 9.17) is 9.37 Å². The van der Waals surface area contributed by atoms with E-state index in [0.717, 1.165) is 11.3 Å². The molecule has 0 spiro atoms. The molecule has 2 heterocycles. The van der Waals surface area contributed by atoms with Gasteiger partial charge in [0.05, 0.1) is 7.11 Å². The van der Waals surface area contributed by atoms with Crippen LogP contribution in [0.15, 0.2) is 35.2 Å². The second-order valence-electron chi connectivity index (χ2n) is 4.92. The molecule has 23 heavy (non-hydrogen) atoms. The number of fused-ring (bicyclic) bond motifs is 1. The van der Waals surface area contributed by atoms with E-state index in [0.29, 0.717) is 23.3 Å². The van der Waals surface area contributed by atoms with Crippen molar-refractivity contribution in [2.75, 3.05) is 19.1 Å². The summed E-state index contributed by atoms with van der Waals surface area (Å²) in [6, 6.07) is 5.12. The zero-order valence-corrected chi connectivity index (χ0v) is 13.6. The van der Waals surface area contributed by atoms with Crippen LogP contribution in [0.5, 0.6) is 0 Å². The third-order valence-electron chi connectivity index (χ3n) is 3.60. The van der Waals surface area contributed by atoms with E-state index in [9.17, 15) is 4.79 Å². The average molecular weight is 332 g/mol. The van der Waals surface area contributed by atoms with Gasteiger partial charge in [-0.05, 0) is 40.9 Å². The Morgan fingerprint density at radius 1 is 1.43 bits per heavy atom. The van der Waals surface area contributed by atoms with E-state index in [2.05, 4.69) is 15.3 Å². The van der Waals surface area contributed by atoms with Crippen molar-refractivity contribution in [2.45, 2.75) is 12.5 Å². The Labute approximate surface area is 137 Å². The second kappa shape index (κ2) is 6.82. The number of aromatic nitrogens is 4. The Morgan fingerprint density at radius 2 is 2.30 bits per heavy atom.